The van der Waals surface area contributed by atoms with E-state index in [4.69, 9.17) is 19.5 Å². The highest BCUT2D eigenvalue weighted by molar-refractivity contribution is 5.81. The minimum atomic E-state index is -1.49. The molecule has 2 unspecified atom stereocenters. The topological polar surface area (TPSA) is 127 Å². The van der Waals surface area contributed by atoms with Crippen LogP contribution in [0.3, 0.4) is 0 Å². The quantitative estimate of drug-likeness (QED) is 0.0373. The van der Waals surface area contributed by atoms with E-state index in [1.807, 2.05) is 0 Å². The fraction of sp³-hybridized carbons (Fsp3) is 0.654. The van der Waals surface area contributed by atoms with Crippen LogP contribution in [0.5, 0.6) is 0 Å². The van der Waals surface area contributed by atoms with Gasteiger partial charge in [0, 0.05) is 25.7 Å². The van der Waals surface area contributed by atoms with Crippen molar-refractivity contribution in [3.05, 3.63) is 24.3 Å². The van der Waals surface area contributed by atoms with Crippen molar-refractivity contribution in [3.8, 4) is 11.8 Å². The van der Waals surface area contributed by atoms with Crippen molar-refractivity contribution in [1.29, 1.82) is 0 Å². The summed E-state index contributed by atoms with van der Waals surface area (Å²) in [4.78, 5) is 35.0. The van der Waals surface area contributed by atoms with Gasteiger partial charge >= 0.3 is 11.9 Å². The minimum absolute atomic E-state index is 0.329. The molecular weight excluding hydrogens is 472 g/mol. The average molecular weight is 517 g/mol. The Morgan fingerprint density at radius 2 is 1.72 bits per heavy atom. The third-order valence-electron chi connectivity index (χ3n) is 4.15. The van der Waals surface area contributed by atoms with Crippen molar-refractivity contribution < 1.29 is 48.2 Å². The van der Waals surface area contributed by atoms with Crippen LogP contribution in [0, 0.1) is 17.8 Å². The van der Waals surface area contributed by atoms with Gasteiger partial charge in [-0.05, 0) is 38.7 Å². The lowest BCUT2D eigenvalue weighted by Gasteiger charge is -2.18. The van der Waals surface area contributed by atoms with E-state index in [0.717, 1.165) is 19.4 Å². The molecule has 0 aliphatic heterocycles. The summed E-state index contributed by atoms with van der Waals surface area (Å²) in [5.41, 5.74) is -1.49. The van der Waals surface area contributed by atoms with Crippen molar-refractivity contribution in [1.82, 2.24) is 0 Å². The Morgan fingerprint density at radius 1 is 1.08 bits per heavy atom. The van der Waals surface area contributed by atoms with E-state index in [1.165, 1.54) is 53.2 Å². The van der Waals surface area contributed by atoms with E-state index in [-0.39, 0.29) is 5.97 Å². The van der Waals surface area contributed by atoms with Gasteiger partial charge in [0.15, 0.2) is 0 Å². The van der Waals surface area contributed by atoms with E-state index in [2.05, 4.69) is 44.8 Å². The van der Waals surface area contributed by atoms with E-state index in [0.29, 0.717) is 32.2 Å². The number of esters is 2. The number of unbranched alkanes of at least 4 members (excludes halogenated alkanes) is 1. The highest BCUT2D eigenvalue weighted by Crippen LogP contribution is 2.12. The molecule has 0 radical (unpaired) electrons. The predicted molar refractivity (Wildman–Crippen MR) is 136 cm³/mol. The van der Waals surface area contributed by atoms with Crippen LogP contribution in [-0.2, 0) is 43.0 Å². The molecule has 0 heterocycles. The summed E-state index contributed by atoms with van der Waals surface area (Å²) in [5.74, 6) is 5.30. The van der Waals surface area contributed by atoms with Crippen molar-refractivity contribution in [2.24, 2.45) is 5.92 Å². The van der Waals surface area contributed by atoms with E-state index >= 15 is 0 Å². The zero-order chi connectivity index (χ0) is 28.1. The second kappa shape index (κ2) is 28.5. The summed E-state index contributed by atoms with van der Waals surface area (Å²) < 4.78 is 23.4. The van der Waals surface area contributed by atoms with E-state index in [9.17, 15) is 9.59 Å². The van der Waals surface area contributed by atoms with Gasteiger partial charge < -0.3 is 23.7 Å². The van der Waals surface area contributed by atoms with Gasteiger partial charge in [0.2, 0.25) is 5.60 Å². The molecule has 36 heavy (non-hydrogen) atoms. The third kappa shape index (κ3) is 25.9. The van der Waals surface area contributed by atoms with Crippen molar-refractivity contribution in [2.75, 3.05) is 47.8 Å². The standard InChI is InChI=1S/C13H20O5.C11H20O3.C2H4O2/c1-4-5-6-7-10-17-11-8-9-13(2,18-15)12(14)16-3;1-4-6-10(2)9-14-8-5-7-11(12)13-3;1-4-2-3/h8-9,15H,6-7,10-11H2,1-3H3;5,7,10H,4,6,8-9H2,1-3H3;2H,1H3/b9-8+;7-5+;. The average Bonchev–Trinajstić information content (AvgIpc) is 2.89. The Kier molecular flexibility index (Phi) is 30.0. The first-order chi connectivity index (χ1) is 17.2. The van der Waals surface area contributed by atoms with Crippen LogP contribution in [-0.4, -0.2) is 77.0 Å². The molecule has 0 rings (SSSR count). The molecule has 208 valence electrons. The summed E-state index contributed by atoms with van der Waals surface area (Å²) in [6.07, 6.45) is 10.1. The van der Waals surface area contributed by atoms with Crippen LogP contribution < -0.4 is 0 Å². The summed E-state index contributed by atoms with van der Waals surface area (Å²) in [5, 5.41) is 8.68. The maximum absolute atomic E-state index is 11.3. The molecular formula is C26H44O10. The number of rotatable bonds is 16. The molecule has 0 amide bonds. The minimum Gasteiger partial charge on any atom is -0.471 e. The molecule has 0 aromatic carbocycles. The molecule has 0 aliphatic carbocycles. The van der Waals surface area contributed by atoms with Crippen molar-refractivity contribution >= 4 is 18.4 Å². The zero-order valence-electron chi connectivity index (χ0n) is 22.7. The van der Waals surface area contributed by atoms with Crippen LogP contribution in [0.4, 0.5) is 0 Å². The Balaban J connectivity index is -0.000000538. The molecule has 10 nitrogen and oxygen atoms in total. The van der Waals surface area contributed by atoms with Crippen LogP contribution in [0.15, 0.2) is 24.3 Å². The molecule has 0 spiro atoms. The highest BCUT2D eigenvalue weighted by atomic mass is 17.1. The normalized spacial score (nSPS) is 12.6. The molecule has 10 heteroatoms. The lowest BCUT2D eigenvalue weighted by Crippen LogP contribution is -2.36. The Hall–Kier alpha value is -2.71. The maximum atomic E-state index is 11.3. The molecule has 2 atom stereocenters. The van der Waals surface area contributed by atoms with Gasteiger partial charge in [-0.15, -0.1) is 11.8 Å². The molecule has 0 aromatic heterocycles. The van der Waals surface area contributed by atoms with E-state index in [1.54, 1.807) is 19.1 Å². The van der Waals surface area contributed by atoms with Crippen LogP contribution in [0.1, 0.15) is 53.4 Å². The van der Waals surface area contributed by atoms with Crippen LogP contribution in [0.2, 0.25) is 0 Å². The monoisotopic (exact) mass is 516 g/mol. The third-order valence-corrected chi connectivity index (χ3v) is 4.15. The van der Waals surface area contributed by atoms with Gasteiger partial charge in [0.05, 0.1) is 34.5 Å². The van der Waals surface area contributed by atoms with Gasteiger partial charge in [-0.2, -0.15) is 0 Å². The number of hydrogen-bond donors (Lipinski definition) is 1. The number of methoxy groups -OCH3 is 3. The van der Waals surface area contributed by atoms with Gasteiger partial charge in [-0.1, -0.05) is 32.4 Å². The smallest absolute Gasteiger partial charge is 0.345 e. The second-order valence-electron chi connectivity index (χ2n) is 7.39. The number of ether oxygens (including phenoxy) is 5. The van der Waals surface area contributed by atoms with Crippen molar-refractivity contribution in [2.45, 2.75) is 59.0 Å². The molecule has 0 fully saturated rings. The SMILES string of the molecule is CC#CCCCOC/C=C/C(C)(OO)C(=O)OC.CCCC(C)COC/C=C/C(=O)OC.COC=O. The molecule has 0 aromatic rings. The molecule has 0 bridgehead atoms. The number of carbonyl (C=O) groups excluding carboxylic acids is 3. The van der Waals surface area contributed by atoms with Crippen LogP contribution in [0.25, 0.3) is 0 Å². The number of hydrogen-bond acceptors (Lipinski definition) is 10. The fourth-order valence-corrected chi connectivity index (χ4v) is 2.28. The molecule has 0 aliphatic rings. The predicted octanol–water partition coefficient (Wildman–Crippen LogP) is 3.74. The maximum Gasteiger partial charge on any atom is 0.345 e. The van der Waals surface area contributed by atoms with E-state index < -0.39 is 11.6 Å². The Morgan fingerprint density at radius 3 is 2.22 bits per heavy atom. The van der Waals surface area contributed by atoms with Gasteiger partial charge in [-0.25, -0.2) is 14.5 Å². The molecule has 1 N–H and O–H groups in total. The van der Waals surface area contributed by atoms with Gasteiger partial charge in [-0.3, -0.25) is 10.1 Å². The van der Waals surface area contributed by atoms with Crippen molar-refractivity contribution in [3.63, 3.8) is 0 Å². The lowest BCUT2D eigenvalue weighted by atomic mass is 10.1. The van der Waals surface area contributed by atoms with Crippen LogP contribution >= 0.6 is 0 Å². The summed E-state index contributed by atoms with van der Waals surface area (Å²) in [6, 6.07) is 0. The first-order valence-electron chi connectivity index (χ1n) is 11.6. The summed E-state index contributed by atoms with van der Waals surface area (Å²) in [7, 11) is 3.89. The highest BCUT2D eigenvalue weighted by Gasteiger charge is 2.33. The fourth-order valence-electron chi connectivity index (χ4n) is 2.28. The summed E-state index contributed by atoms with van der Waals surface area (Å²) in [6.45, 7) is 10.0. The second-order valence-corrected chi connectivity index (χ2v) is 7.39. The summed E-state index contributed by atoms with van der Waals surface area (Å²) >= 11 is 0. The first kappa shape index (κ1) is 37.8. The largest absolute Gasteiger partial charge is 0.471 e. The molecule has 0 saturated carbocycles. The molecule has 0 saturated heterocycles. The number of carbonyl (C=O) groups is 3. The van der Waals surface area contributed by atoms with Gasteiger partial charge in [0.25, 0.3) is 6.47 Å². The Bertz CT molecular complexity index is 663. The Labute approximate surface area is 215 Å². The first-order valence-corrected chi connectivity index (χ1v) is 11.6. The lowest BCUT2D eigenvalue weighted by molar-refractivity contribution is -0.298. The van der Waals surface area contributed by atoms with Gasteiger partial charge in [0.1, 0.15) is 0 Å². The zero-order valence-corrected chi connectivity index (χ0v) is 22.7.